The second-order valence-electron chi connectivity index (χ2n) is 4.15. The van der Waals surface area contributed by atoms with E-state index < -0.39 is 0 Å². The fraction of sp³-hybridized carbons (Fsp3) is 0.500. The average Bonchev–Trinajstić information content (AvgIpc) is 2.31. The molecule has 1 aliphatic heterocycles. The number of piperazine rings is 1. The van der Waals surface area contributed by atoms with Gasteiger partial charge in [0.25, 0.3) is 0 Å². The highest BCUT2D eigenvalue weighted by Crippen LogP contribution is 2.19. The first-order valence-electron chi connectivity index (χ1n) is 5.64. The Morgan fingerprint density at radius 3 is 2.62 bits per heavy atom. The molecule has 0 saturated carbocycles. The van der Waals surface area contributed by atoms with Crippen molar-refractivity contribution in [2.24, 2.45) is 0 Å². The molecule has 0 aliphatic carbocycles. The topological polar surface area (TPSA) is 55.7 Å². The molecule has 4 nitrogen and oxygen atoms in total. The summed E-state index contributed by atoms with van der Waals surface area (Å²) >= 11 is 0. The van der Waals surface area contributed by atoms with Crippen molar-refractivity contribution >= 4 is 0 Å². The zero-order chi connectivity index (χ0) is 11.4. The number of hydrogen-bond donors (Lipinski definition) is 3. The standard InChI is InChI=1S/C12H18N2O2/c15-9-11-2-1-10(7-12(11)16)8-14-5-3-13-4-6-14/h1-2,7,13,15-16H,3-6,8-9H2. The minimum absolute atomic E-state index is 0.111. The summed E-state index contributed by atoms with van der Waals surface area (Å²) < 4.78 is 0. The van der Waals surface area contributed by atoms with E-state index in [-0.39, 0.29) is 12.4 Å². The summed E-state index contributed by atoms with van der Waals surface area (Å²) in [6.07, 6.45) is 0. The second-order valence-corrected chi connectivity index (χ2v) is 4.15. The Labute approximate surface area is 95.5 Å². The molecule has 0 amide bonds. The first kappa shape index (κ1) is 11.4. The summed E-state index contributed by atoms with van der Waals surface area (Å²) in [5, 5.41) is 21.9. The molecule has 0 spiro atoms. The average molecular weight is 222 g/mol. The van der Waals surface area contributed by atoms with Crippen molar-refractivity contribution in [1.82, 2.24) is 10.2 Å². The summed E-state index contributed by atoms with van der Waals surface area (Å²) in [4.78, 5) is 2.35. The lowest BCUT2D eigenvalue weighted by Gasteiger charge is -2.27. The van der Waals surface area contributed by atoms with E-state index in [2.05, 4.69) is 10.2 Å². The smallest absolute Gasteiger partial charge is 0.121 e. The van der Waals surface area contributed by atoms with Crippen molar-refractivity contribution < 1.29 is 10.2 Å². The molecular weight excluding hydrogens is 204 g/mol. The highest BCUT2D eigenvalue weighted by atomic mass is 16.3. The number of nitrogens with one attached hydrogen (secondary N) is 1. The van der Waals surface area contributed by atoms with Crippen molar-refractivity contribution in [2.75, 3.05) is 26.2 Å². The Balaban J connectivity index is 2.01. The van der Waals surface area contributed by atoms with Gasteiger partial charge in [-0.2, -0.15) is 0 Å². The van der Waals surface area contributed by atoms with Crippen LogP contribution in [0.1, 0.15) is 11.1 Å². The van der Waals surface area contributed by atoms with Crippen molar-refractivity contribution in [2.45, 2.75) is 13.2 Å². The van der Waals surface area contributed by atoms with Gasteiger partial charge in [0.1, 0.15) is 5.75 Å². The molecular formula is C12H18N2O2. The first-order valence-corrected chi connectivity index (χ1v) is 5.64. The SMILES string of the molecule is OCc1ccc(CN2CCNCC2)cc1O. The molecule has 1 aromatic rings. The largest absolute Gasteiger partial charge is 0.508 e. The quantitative estimate of drug-likeness (QED) is 0.688. The number of nitrogens with zero attached hydrogens (tertiary/aromatic N) is 1. The molecule has 0 bridgehead atoms. The van der Waals surface area contributed by atoms with Gasteiger partial charge in [-0.1, -0.05) is 12.1 Å². The van der Waals surface area contributed by atoms with Gasteiger partial charge in [0, 0.05) is 38.3 Å². The molecule has 0 radical (unpaired) electrons. The molecule has 88 valence electrons. The molecule has 16 heavy (non-hydrogen) atoms. The Kier molecular flexibility index (Phi) is 3.77. The first-order chi connectivity index (χ1) is 7.79. The third-order valence-electron chi connectivity index (χ3n) is 2.94. The number of benzene rings is 1. The van der Waals surface area contributed by atoms with Crippen LogP contribution < -0.4 is 5.32 Å². The molecule has 1 aromatic carbocycles. The van der Waals surface area contributed by atoms with Gasteiger partial charge in [-0.25, -0.2) is 0 Å². The molecule has 3 N–H and O–H groups in total. The van der Waals surface area contributed by atoms with Gasteiger partial charge >= 0.3 is 0 Å². The normalized spacial score (nSPS) is 17.6. The Hall–Kier alpha value is -1.10. The summed E-state index contributed by atoms with van der Waals surface area (Å²) in [6, 6.07) is 5.49. The zero-order valence-electron chi connectivity index (χ0n) is 9.32. The molecule has 1 heterocycles. The lowest BCUT2D eigenvalue weighted by molar-refractivity contribution is 0.232. The van der Waals surface area contributed by atoms with Crippen molar-refractivity contribution in [3.8, 4) is 5.75 Å². The third kappa shape index (κ3) is 2.72. The highest BCUT2D eigenvalue weighted by molar-refractivity contribution is 5.35. The fourth-order valence-corrected chi connectivity index (χ4v) is 1.97. The van der Waals surface area contributed by atoms with E-state index in [4.69, 9.17) is 5.11 Å². The van der Waals surface area contributed by atoms with Gasteiger partial charge in [0.2, 0.25) is 0 Å². The van der Waals surface area contributed by atoms with E-state index in [1.54, 1.807) is 12.1 Å². The predicted octanol–water partition coefficient (Wildman–Crippen LogP) is 0.290. The Morgan fingerprint density at radius 2 is 2.00 bits per heavy atom. The van der Waals surface area contributed by atoms with Crippen LogP contribution in [-0.2, 0) is 13.2 Å². The molecule has 0 unspecified atom stereocenters. The van der Waals surface area contributed by atoms with Crippen LogP contribution in [-0.4, -0.2) is 41.3 Å². The number of aliphatic hydroxyl groups is 1. The van der Waals surface area contributed by atoms with Gasteiger partial charge < -0.3 is 15.5 Å². The molecule has 0 atom stereocenters. The number of rotatable bonds is 3. The summed E-state index contributed by atoms with van der Waals surface area (Å²) in [5.41, 5.74) is 1.68. The fourth-order valence-electron chi connectivity index (χ4n) is 1.97. The number of hydrogen-bond acceptors (Lipinski definition) is 4. The van der Waals surface area contributed by atoms with Gasteiger partial charge in [-0.3, -0.25) is 4.90 Å². The van der Waals surface area contributed by atoms with Gasteiger partial charge in [-0.15, -0.1) is 0 Å². The van der Waals surface area contributed by atoms with Crippen LogP contribution in [0.2, 0.25) is 0 Å². The van der Waals surface area contributed by atoms with E-state index >= 15 is 0 Å². The Morgan fingerprint density at radius 1 is 1.25 bits per heavy atom. The van der Waals surface area contributed by atoms with Crippen LogP contribution in [0.25, 0.3) is 0 Å². The van der Waals surface area contributed by atoms with Crippen molar-refractivity contribution in [3.63, 3.8) is 0 Å². The van der Waals surface area contributed by atoms with E-state index in [1.807, 2.05) is 6.07 Å². The van der Waals surface area contributed by atoms with Gasteiger partial charge in [0.15, 0.2) is 0 Å². The lowest BCUT2D eigenvalue weighted by Crippen LogP contribution is -2.42. The molecule has 2 rings (SSSR count). The minimum Gasteiger partial charge on any atom is -0.508 e. The minimum atomic E-state index is -0.111. The van der Waals surface area contributed by atoms with Crippen LogP contribution in [0.15, 0.2) is 18.2 Å². The molecule has 1 aliphatic rings. The molecule has 0 aromatic heterocycles. The predicted molar refractivity (Wildman–Crippen MR) is 62.2 cm³/mol. The molecule has 1 fully saturated rings. The Bertz CT molecular complexity index is 349. The lowest BCUT2D eigenvalue weighted by atomic mass is 10.1. The van der Waals surface area contributed by atoms with E-state index in [0.29, 0.717) is 5.56 Å². The van der Waals surface area contributed by atoms with Crippen LogP contribution in [0.3, 0.4) is 0 Å². The van der Waals surface area contributed by atoms with Gasteiger partial charge in [-0.05, 0) is 11.6 Å². The summed E-state index contributed by atoms with van der Waals surface area (Å²) in [7, 11) is 0. The number of aliphatic hydroxyl groups excluding tert-OH is 1. The van der Waals surface area contributed by atoms with E-state index in [0.717, 1.165) is 38.3 Å². The number of phenols is 1. The monoisotopic (exact) mass is 222 g/mol. The van der Waals surface area contributed by atoms with Crippen LogP contribution in [0.4, 0.5) is 0 Å². The maximum absolute atomic E-state index is 9.63. The van der Waals surface area contributed by atoms with E-state index in [9.17, 15) is 5.11 Å². The van der Waals surface area contributed by atoms with Crippen molar-refractivity contribution in [3.05, 3.63) is 29.3 Å². The second kappa shape index (κ2) is 5.30. The molecule has 4 heteroatoms. The van der Waals surface area contributed by atoms with Crippen LogP contribution in [0.5, 0.6) is 5.75 Å². The third-order valence-corrected chi connectivity index (χ3v) is 2.94. The van der Waals surface area contributed by atoms with E-state index in [1.165, 1.54) is 0 Å². The summed E-state index contributed by atoms with van der Waals surface area (Å²) in [5.74, 6) is 0.190. The maximum atomic E-state index is 9.63. The highest BCUT2D eigenvalue weighted by Gasteiger charge is 2.10. The maximum Gasteiger partial charge on any atom is 0.121 e. The van der Waals surface area contributed by atoms with Crippen molar-refractivity contribution in [1.29, 1.82) is 0 Å². The molecule has 1 saturated heterocycles. The van der Waals surface area contributed by atoms with Crippen LogP contribution >= 0.6 is 0 Å². The zero-order valence-corrected chi connectivity index (χ0v) is 9.32. The van der Waals surface area contributed by atoms with Gasteiger partial charge in [0.05, 0.1) is 6.61 Å². The summed E-state index contributed by atoms with van der Waals surface area (Å²) in [6.45, 7) is 4.90. The number of aromatic hydroxyl groups is 1. The van der Waals surface area contributed by atoms with Crippen LogP contribution in [0, 0.1) is 0 Å².